The Hall–Kier alpha value is -1.95. The van der Waals surface area contributed by atoms with E-state index >= 15 is 0 Å². The van der Waals surface area contributed by atoms with Crippen molar-refractivity contribution >= 4 is 5.97 Å². The number of ether oxygens (including phenoxy) is 3. The first-order chi connectivity index (χ1) is 11.1. The molecule has 23 heavy (non-hydrogen) atoms. The van der Waals surface area contributed by atoms with Crippen LogP contribution >= 0.6 is 0 Å². The third-order valence-electron chi connectivity index (χ3n) is 4.07. The molecule has 0 bridgehead atoms. The van der Waals surface area contributed by atoms with Crippen LogP contribution in [0.15, 0.2) is 18.2 Å². The number of aliphatic carboxylic acids is 1. The Morgan fingerprint density at radius 3 is 2.35 bits per heavy atom. The van der Waals surface area contributed by atoms with E-state index in [0.717, 1.165) is 32.5 Å². The molecule has 0 radical (unpaired) electrons. The van der Waals surface area contributed by atoms with Gasteiger partial charge in [-0.1, -0.05) is 6.07 Å². The van der Waals surface area contributed by atoms with E-state index in [4.69, 9.17) is 19.3 Å². The Labute approximate surface area is 136 Å². The van der Waals surface area contributed by atoms with Gasteiger partial charge >= 0.3 is 5.97 Å². The first kappa shape index (κ1) is 17.4. The Balaban J connectivity index is 1.86. The molecule has 1 heterocycles. The van der Waals surface area contributed by atoms with E-state index in [1.807, 2.05) is 18.2 Å². The largest absolute Gasteiger partial charge is 0.493 e. The molecular formula is C17H25NO5. The normalized spacial score (nSPS) is 16.1. The zero-order chi connectivity index (χ0) is 16.7. The number of carboxylic acids is 1. The molecule has 1 aromatic rings. The number of methoxy groups -OCH3 is 2. The molecule has 128 valence electrons. The van der Waals surface area contributed by atoms with E-state index in [1.54, 1.807) is 14.2 Å². The molecule has 0 aliphatic carbocycles. The lowest BCUT2D eigenvalue weighted by Gasteiger charge is -2.32. The van der Waals surface area contributed by atoms with Crippen molar-refractivity contribution in [3.63, 3.8) is 0 Å². The summed E-state index contributed by atoms with van der Waals surface area (Å²) in [6.07, 6.45) is 2.87. The number of likely N-dealkylation sites (tertiary alicyclic amines) is 1. The van der Waals surface area contributed by atoms with Gasteiger partial charge in [0.1, 0.15) is 6.10 Å². The van der Waals surface area contributed by atoms with E-state index in [-0.39, 0.29) is 12.5 Å². The molecule has 1 aliphatic heterocycles. The second kappa shape index (κ2) is 8.62. The maximum Gasteiger partial charge on any atom is 0.303 e. The fraction of sp³-hybridized carbons (Fsp3) is 0.588. The first-order valence-corrected chi connectivity index (χ1v) is 7.96. The van der Waals surface area contributed by atoms with Crippen LogP contribution in [0.2, 0.25) is 0 Å². The van der Waals surface area contributed by atoms with Crippen molar-refractivity contribution in [2.45, 2.75) is 31.8 Å². The predicted octanol–water partition coefficient (Wildman–Crippen LogP) is 2.41. The predicted molar refractivity (Wildman–Crippen MR) is 86.5 cm³/mol. The number of piperidine rings is 1. The lowest BCUT2D eigenvalue weighted by molar-refractivity contribution is -0.137. The Morgan fingerprint density at radius 1 is 1.22 bits per heavy atom. The smallest absolute Gasteiger partial charge is 0.303 e. The van der Waals surface area contributed by atoms with Crippen LogP contribution in [0.4, 0.5) is 0 Å². The van der Waals surface area contributed by atoms with Gasteiger partial charge in [-0.3, -0.25) is 4.79 Å². The van der Waals surface area contributed by atoms with Crippen LogP contribution in [0.5, 0.6) is 17.2 Å². The third kappa shape index (κ3) is 5.03. The van der Waals surface area contributed by atoms with Gasteiger partial charge in [0.05, 0.1) is 14.2 Å². The number of hydrogen-bond acceptors (Lipinski definition) is 5. The summed E-state index contributed by atoms with van der Waals surface area (Å²) in [7, 11) is 3.24. The van der Waals surface area contributed by atoms with Gasteiger partial charge in [0.25, 0.3) is 0 Å². The maximum absolute atomic E-state index is 10.6. The van der Waals surface area contributed by atoms with Crippen molar-refractivity contribution in [2.24, 2.45) is 0 Å². The molecule has 1 saturated heterocycles. The number of carboxylic acid groups (broad SMARTS) is 1. The Morgan fingerprint density at radius 2 is 1.83 bits per heavy atom. The minimum Gasteiger partial charge on any atom is -0.493 e. The fourth-order valence-corrected chi connectivity index (χ4v) is 2.80. The fourth-order valence-electron chi connectivity index (χ4n) is 2.80. The molecule has 6 nitrogen and oxygen atoms in total. The molecular weight excluding hydrogens is 298 g/mol. The van der Waals surface area contributed by atoms with E-state index in [9.17, 15) is 4.79 Å². The highest BCUT2D eigenvalue weighted by molar-refractivity contribution is 5.66. The maximum atomic E-state index is 10.6. The molecule has 0 atom stereocenters. The number of benzene rings is 1. The highest BCUT2D eigenvalue weighted by Crippen LogP contribution is 2.38. The number of rotatable bonds is 8. The average Bonchev–Trinajstić information content (AvgIpc) is 2.56. The lowest BCUT2D eigenvalue weighted by Crippen LogP contribution is -2.38. The van der Waals surface area contributed by atoms with Crippen LogP contribution < -0.4 is 14.2 Å². The third-order valence-corrected chi connectivity index (χ3v) is 4.07. The summed E-state index contributed by atoms with van der Waals surface area (Å²) in [6, 6.07) is 5.59. The minimum absolute atomic E-state index is 0.121. The van der Waals surface area contributed by atoms with Crippen molar-refractivity contribution in [3.05, 3.63) is 18.2 Å². The summed E-state index contributed by atoms with van der Waals surface area (Å²) in [6.45, 7) is 2.67. The van der Waals surface area contributed by atoms with Gasteiger partial charge in [-0.15, -0.1) is 0 Å². The molecule has 0 aromatic heterocycles. The van der Waals surface area contributed by atoms with E-state index in [2.05, 4.69) is 4.90 Å². The van der Waals surface area contributed by atoms with Crippen LogP contribution in [0.3, 0.4) is 0 Å². The minimum atomic E-state index is -0.730. The van der Waals surface area contributed by atoms with Gasteiger partial charge in [0, 0.05) is 19.5 Å². The van der Waals surface area contributed by atoms with E-state index in [1.165, 1.54) is 0 Å². The van der Waals surface area contributed by atoms with Gasteiger partial charge in [0.15, 0.2) is 11.5 Å². The van der Waals surface area contributed by atoms with Crippen molar-refractivity contribution in [3.8, 4) is 17.2 Å². The van der Waals surface area contributed by atoms with Gasteiger partial charge in [-0.05, 0) is 37.9 Å². The van der Waals surface area contributed by atoms with Crippen LogP contribution in [-0.4, -0.2) is 55.9 Å². The van der Waals surface area contributed by atoms with Crippen molar-refractivity contribution in [1.82, 2.24) is 4.90 Å². The SMILES string of the molecule is COc1cccc(OC)c1OC1CCN(CCCC(=O)O)CC1. The van der Waals surface area contributed by atoms with E-state index < -0.39 is 5.97 Å². The quantitative estimate of drug-likeness (QED) is 0.792. The van der Waals surface area contributed by atoms with Crippen molar-refractivity contribution < 1.29 is 24.1 Å². The van der Waals surface area contributed by atoms with Gasteiger partial charge in [0.2, 0.25) is 5.75 Å². The summed E-state index contributed by atoms with van der Waals surface area (Å²) in [5, 5.41) is 8.69. The first-order valence-electron chi connectivity index (χ1n) is 7.96. The Bertz CT molecular complexity index is 489. The molecule has 6 heteroatoms. The van der Waals surface area contributed by atoms with Gasteiger partial charge in [-0.25, -0.2) is 0 Å². The zero-order valence-corrected chi connectivity index (χ0v) is 13.8. The summed E-state index contributed by atoms with van der Waals surface area (Å²) < 4.78 is 16.8. The van der Waals surface area contributed by atoms with Crippen LogP contribution in [0.25, 0.3) is 0 Å². The zero-order valence-electron chi connectivity index (χ0n) is 13.8. The van der Waals surface area contributed by atoms with E-state index in [0.29, 0.717) is 23.7 Å². The number of carbonyl (C=O) groups is 1. The molecule has 0 amide bonds. The Kier molecular flexibility index (Phi) is 6.52. The molecule has 0 unspecified atom stereocenters. The topological polar surface area (TPSA) is 68.2 Å². The summed E-state index contributed by atoms with van der Waals surface area (Å²) >= 11 is 0. The summed E-state index contributed by atoms with van der Waals surface area (Å²) in [5.74, 6) is 1.27. The molecule has 1 fully saturated rings. The number of para-hydroxylation sites is 1. The second-order valence-corrected chi connectivity index (χ2v) is 5.65. The molecule has 1 aliphatic rings. The summed E-state index contributed by atoms with van der Waals surface area (Å²) in [5.41, 5.74) is 0. The number of nitrogens with zero attached hydrogens (tertiary/aromatic N) is 1. The van der Waals surface area contributed by atoms with Gasteiger partial charge < -0.3 is 24.2 Å². The van der Waals surface area contributed by atoms with Crippen LogP contribution in [0, 0.1) is 0 Å². The lowest BCUT2D eigenvalue weighted by atomic mass is 10.1. The molecule has 0 spiro atoms. The second-order valence-electron chi connectivity index (χ2n) is 5.65. The van der Waals surface area contributed by atoms with Crippen molar-refractivity contribution in [1.29, 1.82) is 0 Å². The monoisotopic (exact) mass is 323 g/mol. The molecule has 0 saturated carbocycles. The van der Waals surface area contributed by atoms with Gasteiger partial charge in [-0.2, -0.15) is 0 Å². The van der Waals surface area contributed by atoms with Crippen molar-refractivity contribution in [2.75, 3.05) is 33.9 Å². The van der Waals surface area contributed by atoms with Crippen LogP contribution in [0.1, 0.15) is 25.7 Å². The summed E-state index contributed by atoms with van der Waals surface area (Å²) in [4.78, 5) is 12.8. The highest BCUT2D eigenvalue weighted by Gasteiger charge is 2.23. The van der Waals surface area contributed by atoms with Crippen LogP contribution in [-0.2, 0) is 4.79 Å². The average molecular weight is 323 g/mol. The highest BCUT2D eigenvalue weighted by atomic mass is 16.5. The molecule has 2 rings (SSSR count). The molecule has 1 aromatic carbocycles. The number of hydrogen-bond donors (Lipinski definition) is 1. The molecule has 1 N–H and O–H groups in total. The standard InChI is InChI=1S/C17H25NO5/c1-21-14-5-3-6-15(22-2)17(14)23-13-8-11-18(12-9-13)10-4-7-16(19)20/h3,5-6,13H,4,7-12H2,1-2H3,(H,19,20).